The highest BCUT2D eigenvalue weighted by molar-refractivity contribution is 6.09. The van der Waals surface area contributed by atoms with Crippen molar-refractivity contribution in [3.8, 4) is 0 Å². The third kappa shape index (κ3) is 3.39. The molecule has 3 aromatic rings. The quantitative estimate of drug-likeness (QED) is 0.266. The Balaban J connectivity index is 1.40. The van der Waals surface area contributed by atoms with Crippen molar-refractivity contribution in [1.82, 2.24) is 0 Å². The molecule has 1 amide bonds. The van der Waals surface area contributed by atoms with Crippen molar-refractivity contribution < 1.29 is 19.3 Å². The first-order valence-corrected chi connectivity index (χ1v) is 11.9. The van der Waals surface area contributed by atoms with Crippen molar-refractivity contribution in [3.63, 3.8) is 0 Å². The van der Waals surface area contributed by atoms with Crippen LogP contribution >= 0.6 is 0 Å². The normalized spacial score (nSPS) is 25.1. The lowest BCUT2D eigenvalue weighted by atomic mass is 9.64. The van der Waals surface area contributed by atoms with Crippen molar-refractivity contribution in [1.29, 1.82) is 0 Å². The summed E-state index contributed by atoms with van der Waals surface area (Å²) in [6, 6.07) is 19.0. The number of oxime groups is 1. The number of fused-ring (bicyclic) bond motifs is 3. The number of nitro groups is 1. The number of hydrogen-bond acceptors (Lipinski definition) is 6. The summed E-state index contributed by atoms with van der Waals surface area (Å²) in [5, 5.41) is 20.3. The molecule has 36 heavy (non-hydrogen) atoms. The Morgan fingerprint density at radius 1 is 0.972 bits per heavy atom. The van der Waals surface area contributed by atoms with Gasteiger partial charge in [-0.25, -0.2) is 4.79 Å². The molecule has 0 spiro atoms. The number of non-ortho nitro benzene ring substituents is 1. The SMILES string of the molecule is CC12CCC(C(=O)Nc3cccc4ccccc34)(CC1=NOC(=O)c1ccc([N+](=O)[O-])cc1)C2(C)C. The molecule has 0 radical (unpaired) electrons. The number of nitrogens with zero attached hydrogens (tertiary/aromatic N) is 2. The molecule has 184 valence electrons. The summed E-state index contributed by atoms with van der Waals surface area (Å²) in [6.45, 7) is 6.25. The van der Waals surface area contributed by atoms with Gasteiger partial charge in [0, 0.05) is 35.0 Å². The number of nitrogens with one attached hydrogen (secondary N) is 1. The third-order valence-corrected chi connectivity index (χ3v) is 8.76. The minimum atomic E-state index is -0.698. The van der Waals surface area contributed by atoms with Gasteiger partial charge in [0.25, 0.3) is 5.69 Å². The van der Waals surface area contributed by atoms with E-state index in [2.05, 4.69) is 31.2 Å². The fourth-order valence-electron chi connectivity index (χ4n) is 5.97. The zero-order valence-electron chi connectivity index (χ0n) is 20.4. The number of carbonyl (C=O) groups is 2. The van der Waals surface area contributed by atoms with E-state index in [4.69, 9.17) is 4.84 Å². The van der Waals surface area contributed by atoms with Crippen LogP contribution in [0, 0.1) is 26.4 Å². The highest BCUT2D eigenvalue weighted by atomic mass is 16.7. The van der Waals surface area contributed by atoms with Crippen molar-refractivity contribution in [3.05, 3.63) is 82.4 Å². The van der Waals surface area contributed by atoms with Gasteiger partial charge in [0.05, 0.1) is 21.6 Å². The molecule has 3 aromatic carbocycles. The van der Waals surface area contributed by atoms with Crippen LogP contribution in [-0.2, 0) is 9.63 Å². The van der Waals surface area contributed by atoms with Crippen LogP contribution < -0.4 is 5.32 Å². The van der Waals surface area contributed by atoms with Gasteiger partial charge in [-0.1, -0.05) is 62.3 Å². The van der Waals surface area contributed by atoms with Gasteiger partial charge in [0.2, 0.25) is 5.91 Å². The Hall–Kier alpha value is -4.07. The predicted molar refractivity (Wildman–Crippen MR) is 137 cm³/mol. The molecular weight excluding hydrogens is 458 g/mol. The van der Waals surface area contributed by atoms with E-state index in [1.165, 1.54) is 24.3 Å². The molecule has 0 aromatic heterocycles. The van der Waals surface area contributed by atoms with Gasteiger partial charge in [0.1, 0.15) is 0 Å². The maximum Gasteiger partial charge on any atom is 0.365 e. The summed E-state index contributed by atoms with van der Waals surface area (Å²) in [5.74, 6) is -0.754. The number of amides is 1. The monoisotopic (exact) mass is 485 g/mol. The van der Waals surface area contributed by atoms with E-state index in [0.717, 1.165) is 22.9 Å². The number of nitro benzene ring substituents is 1. The first kappa shape index (κ1) is 23.7. The van der Waals surface area contributed by atoms with Crippen molar-refractivity contribution in [2.75, 3.05) is 5.32 Å². The highest BCUT2D eigenvalue weighted by Crippen LogP contribution is 2.71. The Morgan fingerprint density at radius 3 is 2.39 bits per heavy atom. The van der Waals surface area contributed by atoms with Crippen LogP contribution in [-0.4, -0.2) is 22.5 Å². The van der Waals surface area contributed by atoms with Crippen LogP contribution in [0.4, 0.5) is 11.4 Å². The van der Waals surface area contributed by atoms with Gasteiger partial charge < -0.3 is 10.2 Å². The maximum absolute atomic E-state index is 13.9. The smallest absolute Gasteiger partial charge is 0.325 e. The highest BCUT2D eigenvalue weighted by Gasteiger charge is 2.71. The van der Waals surface area contributed by atoms with E-state index in [1.54, 1.807) is 0 Å². The van der Waals surface area contributed by atoms with Crippen molar-refractivity contribution in [2.45, 2.75) is 40.0 Å². The predicted octanol–water partition coefficient (Wildman–Crippen LogP) is 6.12. The average molecular weight is 486 g/mol. The molecule has 0 aliphatic heterocycles. The molecule has 2 aliphatic rings. The first-order chi connectivity index (χ1) is 17.1. The Morgan fingerprint density at radius 2 is 1.67 bits per heavy atom. The summed E-state index contributed by atoms with van der Waals surface area (Å²) in [7, 11) is 0. The first-order valence-electron chi connectivity index (χ1n) is 11.9. The summed E-state index contributed by atoms with van der Waals surface area (Å²) in [4.78, 5) is 42.0. The summed E-state index contributed by atoms with van der Waals surface area (Å²) < 4.78 is 0. The molecule has 2 fully saturated rings. The van der Waals surface area contributed by atoms with E-state index in [9.17, 15) is 19.7 Å². The third-order valence-electron chi connectivity index (χ3n) is 8.76. The van der Waals surface area contributed by atoms with Crippen LogP contribution in [0.3, 0.4) is 0 Å². The van der Waals surface area contributed by atoms with Crippen LogP contribution in [0.2, 0.25) is 0 Å². The minimum absolute atomic E-state index is 0.0560. The molecule has 5 rings (SSSR count). The molecule has 8 heteroatoms. The van der Waals surface area contributed by atoms with Crippen LogP contribution in [0.15, 0.2) is 71.9 Å². The molecule has 1 N–H and O–H groups in total. The lowest BCUT2D eigenvalue weighted by Crippen LogP contribution is -2.43. The van der Waals surface area contributed by atoms with Crippen LogP contribution in [0.1, 0.15) is 50.4 Å². The molecule has 2 unspecified atom stereocenters. The standard InChI is InChI=1S/C28H27N3O5/c1-26(2)27(3)15-16-28(26,25(33)29-22-10-6-8-18-7-4-5-9-21(18)22)17-23(27)30-36-24(32)19-11-13-20(14-12-19)31(34)35/h4-14H,15-17H2,1-3H3,(H,29,33). The second-order valence-corrected chi connectivity index (χ2v) is 10.4. The molecule has 0 saturated heterocycles. The summed E-state index contributed by atoms with van der Waals surface area (Å²) >= 11 is 0. The van der Waals surface area contributed by atoms with Gasteiger partial charge in [-0.3, -0.25) is 14.9 Å². The van der Waals surface area contributed by atoms with Crippen LogP contribution in [0.25, 0.3) is 10.8 Å². The lowest BCUT2D eigenvalue weighted by molar-refractivity contribution is -0.384. The zero-order chi connectivity index (χ0) is 25.7. The van der Waals surface area contributed by atoms with Crippen LogP contribution in [0.5, 0.6) is 0 Å². The van der Waals surface area contributed by atoms with Gasteiger partial charge >= 0.3 is 5.97 Å². The van der Waals surface area contributed by atoms with E-state index in [1.807, 2.05) is 42.5 Å². The second kappa shape index (κ2) is 8.26. The number of benzene rings is 3. The van der Waals surface area contributed by atoms with Gasteiger partial charge in [-0.05, 0) is 41.8 Å². The van der Waals surface area contributed by atoms with E-state index in [-0.39, 0.29) is 17.2 Å². The lowest BCUT2D eigenvalue weighted by Gasteiger charge is -2.39. The fourth-order valence-corrected chi connectivity index (χ4v) is 5.97. The molecular formula is C28H27N3O5. The number of anilines is 1. The fraction of sp³-hybridized carbons (Fsp3) is 0.321. The van der Waals surface area contributed by atoms with Crippen molar-refractivity contribution >= 4 is 39.7 Å². The van der Waals surface area contributed by atoms with Gasteiger partial charge in [-0.2, -0.15) is 0 Å². The number of hydrogen-bond donors (Lipinski definition) is 1. The van der Waals surface area contributed by atoms with E-state index < -0.39 is 27.1 Å². The summed E-state index contributed by atoms with van der Waals surface area (Å²) in [5.41, 5.74) is -0.0297. The molecule has 8 nitrogen and oxygen atoms in total. The Labute approximate surface area is 208 Å². The molecule has 0 heterocycles. The molecule has 2 bridgehead atoms. The number of rotatable bonds is 5. The Bertz CT molecular complexity index is 1420. The van der Waals surface area contributed by atoms with E-state index in [0.29, 0.717) is 18.6 Å². The molecule has 2 saturated carbocycles. The zero-order valence-corrected chi connectivity index (χ0v) is 20.4. The number of carbonyl (C=O) groups excluding carboxylic acids is 2. The topological polar surface area (TPSA) is 111 Å². The van der Waals surface area contributed by atoms with Gasteiger partial charge in [-0.15, -0.1) is 0 Å². The maximum atomic E-state index is 13.9. The second-order valence-electron chi connectivity index (χ2n) is 10.4. The summed E-state index contributed by atoms with van der Waals surface area (Å²) in [6.07, 6.45) is 1.85. The van der Waals surface area contributed by atoms with E-state index >= 15 is 0 Å². The molecule has 2 atom stereocenters. The average Bonchev–Trinajstić information content (AvgIpc) is 3.18. The molecule has 2 aliphatic carbocycles. The van der Waals surface area contributed by atoms with Crippen molar-refractivity contribution in [2.24, 2.45) is 21.4 Å². The largest absolute Gasteiger partial charge is 0.365 e. The minimum Gasteiger partial charge on any atom is -0.325 e. The van der Waals surface area contributed by atoms with Gasteiger partial charge in [0.15, 0.2) is 0 Å². The Kier molecular flexibility index (Phi) is 5.43.